The summed E-state index contributed by atoms with van der Waals surface area (Å²) in [6.07, 6.45) is 2.73. The van der Waals surface area contributed by atoms with Crippen LogP contribution in [-0.2, 0) is 13.5 Å². The molecule has 3 heteroatoms. The first-order valence-electron chi connectivity index (χ1n) is 9.05. The molecular formula is C24H22N2O. The molecule has 0 spiro atoms. The zero-order valence-corrected chi connectivity index (χ0v) is 15.6. The van der Waals surface area contributed by atoms with Gasteiger partial charge in [0, 0.05) is 29.9 Å². The highest BCUT2D eigenvalue weighted by Gasteiger charge is 2.13. The quantitative estimate of drug-likeness (QED) is 0.543. The third kappa shape index (κ3) is 3.24. The molecule has 4 rings (SSSR count). The molecule has 1 heterocycles. The smallest absolute Gasteiger partial charge is 0.258 e. The molecule has 0 aliphatic heterocycles. The molecule has 1 aromatic heterocycles. The Kier molecular flexibility index (Phi) is 4.28. The van der Waals surface area contributed by atoms with Gasteiger partial charge in [0.2, 0.25) is 0 Å². The van der Waals surface area contributed by atoms with Gasteiger partial charge in [0.05, 0.1) is 0 Å². The minimum Gasteiger partial charge on any atom is -0.399 e. The summed E-state index contributed by atoms with van der Waals surface area (Å²) in [6.45, 7) is 2.09. The predicted molar refractivity (Wildman–Crippen MR) is 113 cm³/mol. The van der Waals surface area contributed by atoms with Gasteiger partial charge in [-0.15, -0.1) is 0 Å². The Morgan fingerprint density at radius 1 is 0.889 bits per heavy atom. The first-order valence-corrected chi connectivity index (χ1v) is 9.05. The number of nitrogens with two attached hydrogens (primary N) is 1. The van der Waals surface area contributed by atoms with Gasteiger partial charge in [0.1, 0.15) is 0 Å². The maximum absolute atomic E-state index is 12.5. The molecule has 0 amide bonds. The van der Waals surface area contributed by atoms with Gasteiger partial charge in [-0.3, -0.25) is 4.79 Å². The summed E-state index contributed by atoms with van der Waals surface area (Å²) in [4.78, 5) is 12.5. The molecular weight excluding hydrogens is 332 g/mol. The lowest BCUT2D eigenvalue weighted by molar-refractivity contribution is 0.874. The highest BCUT2D eigenvalue weighted by Crippen LogP contribution is 2.32. The maximum Gasteiger partial charge on any atom is 0.258 e. The molecule has 0 aliphatic rings. The predicted octanol–water partition coefficient (Wildman–Crippen LogP) is 4.69. The van der Waals surface area contributed by atoms with Crippen LogP contribution in [0.15, 0.2) is 77.7 Å². The number of aryl methyl sites for hydroxylation is 2. The van der Waals surface area contributed by atoms with Crippen molar-refractivity contribution in [2.75, 3.05) is 5.73 Å². The van der Waals surface area contributed by atoms with E-state index < -0.39 is 0 Å². The van der Waals surface area contributed by atoms with Crippen LogP contribution in [0.2, 0.25) is 0 Å². The normalized spacial score (nSPS) is 11.0. The van der Waals surface area contributed by atoms with Crippen molar-refractivity contribution in [2.24, 2.45) is 7.05 Å². The second-order valence-electron chi connectivity index (χ2n) is 7.08. The number of nitrogens with zero attached hydrogens (tertiary/aromatic N) is 1. The van der Waals surface area contributed by atoms with Crippen LogP contribution in [0.1, 0.15) is 16.7 Å². The summed E-state index contributed by atoms with van der Waals surface area (Å²) in [5.74, 6) is 0. The number of pyridine rings is 1. The topological polar surface area (TPSA) is 48.0 Å². The monoisotopic (exact) mass is 354 g/mol. The second kappa shape index (κ2) is 6.76. The summed E-state index contributed by atoms with van der Waals surface area (Å²) < 4.78 is 1.65. The molecule has 0 aliphatic carbocycles. The average Bonchev–Trinajstić information content (AvgIpc) is 2.68. The molecule has 0 radical (unpaired) electrons. The first kappa shape index (κ1) is 17.1. The Hall–Kier alpha value is -3.33. The summed E-state index contributed by atoms with van der Waals surface area (Å²) in [7, 11) is 1.80. The second-order valence-corrected chi connectivity index (χ2v) is 7.08. The summed E-state index contributed by atoms with van der Waals surface area (Å²) >= 11 is 0. The van der Waals surface area contributed by atoms with Gasteiger partial charge in [-0.2, -0.15) is 0 Å². The number of rotatable bonds is 3. The van der Waals surface area contributed by atoms with Crippen molar-refractivity contribution < 1.29 is 0 Å². The number of aromatic nitrogens is 1. The van der Waals surface area contributed by atoms with E-state index in [9.17, 15) is 4.79 Å². The van der Waals surface area contributed by atoms with E-state index in [2.05, 4.69) is 37.3 Å². The van der Waals surface area contributed by atoms with Crippen molar-refractivity contribution in [2.45, 2.75) is 13.3 Å². The van der Waals surface area contributed by atoms with Gasteiger partial charge >= 0.3 is 0 Å². The fraction of sp³-hybridized carbons (Fsp3) is 0.125. The lowest BCUT2D eigenvalue weighted by Gasteiger charge is -2.15. The van der Waals surface area contributed by atoms with Crippen LogP contribution in [-0.4, -0.2) is 4.57 Å². The number of fused-ring (bicyclic) bond motifs is 1. The molecule has 27 heavy (non-hydrogen) atoms. The third-order valence-electron chi connectivity index (χ3n) is 5.03. The maximum atomic E-state index is 12.5. The van der Waals surface area contributed by atoms with E-state index in [4.69, 9.17) is 5.73 Å². The van der Waals surface area contributed by atoms with Gasteiger partial charge in [0.25, 0.3) is 5.56 Å². The molecule has 4 aromatic rings. The zero-order chi connectivity index (χ0) is 19.0. The molecule has 0 bridgehead atoms. The van der Waals surface area contributed by atoms with Gasteiger partial charge in [-0.05, 0) is 53.6 Å². The van der Waals surface area contributed by atoms with Crippen molar-refractivity contribution in [1.29, 1.82) is 0 Å². The van der Waals surface area contributed by atoms with Crippen molar-refractivity contribution >= 4 is 16.5 Å². The van der Waals surface area contributed by atoms with Crippen molar-refractivity contribution in [3.8, 4) is 11.1 Å². The molecule has 134 valence electrons. The Morgan fingerprint density at radius 3 is 2.33 bits per heavy atom. The number of anilines is 1. The Bertz CT molecular complexity index is 1190. The van der Waals surface area contributed by atoms with Crippen LogP contribution >= 0.6 is 0 Å². The standard InChI is InChI=1S/C24H22N2O/c1-16-7-9-17(10-8-16)13-18-11-12-19(25)14-22(18)23-15-26(2)24(27)21-6-4-3-5-20(21)23/h3-12,14-15H,13,25H2,1-2H3. The van der Waals surface area contributed by atoms with Gasteiger partial charge in [-0.25, -0.2) is 0 Å². The molecule has 3 nitrogen and oxygen atoms in total. The number of hydrogen-bond acceptors (Lipinski definition) is 2. The summed E-state index contributed by atoms with van der Waals surface area (Å²) in [5, 5.41) is 1.68. The Morgan fingerprint density at radius 2 is 1.59 bits per heavy atom. The number of hydrogen-bond donors (Lipinski definition) is 1. The minimum atomic E-state index is 0.0123. The van der Waals surface area contributed by atoms with Crippen molar-refractivity contribution in [1.82, 2.24) is 4.57 Å². The highest BCUT2D eigenvalue weighted by atomic mass is 16.1. The molecule has 0 saturated heterocycles. The van der Waals surface area contributed by atoms with E-state index >= 15 is 0 Å². The number of benzene rings is 3. The SMILES string of the molecule is Cc1ccc(Cc2ccc(N)cc2-c2cn(C)c(=O)c3ccccc23)cc1. The highest BCUT2D eigenvalue weighted by molar-refractivity contribution is 5.97. The van der Waals surface area contributed by atoms with Gasteiger partial charge in [-0.1, -0.05) is 54.1 Å². The van der Waals surface area contributed by atoms with E-state index in [0.29, 0.717) is 0 Å². The van der Waals surface area contributed by atoms with Crippen LogP contribution in [0, 0.1) is 6.92 Å². The molecule has 3 aromatic carbocycles. The molecule has 0 fully saturated rings. The molecule has 0 unspecified atom stereocenters. The van der Waals surface area contributed by atoms with E-state index in [1.165, 1.54) is 16.7 Å². The summed E-state index contributed by atoms with van der Waals surface area (Å²) in [6, 6.07) is 22.4. The van der Waals surface area contributed by atoms with Crippen molar-refractivity contribution in [3.63, 3.8) is 0 Å². The fourth-order valence-corrected chi connectivity index (χ4v) is 3.56. The average molecular weight is 354 g/mol. The summed E-state index contributed by atoms with van der Waals surface area (Å²) in [5.41, 5.74) is 12.6. The Labute approximate surface area is 158 Å². The first-order chi connectivity index (χ1) is 13.0. The van der Waals surface area contributed by atoms with Crippen LogP contribution < -0.4 is 11.3 Å². The van der Waals surface area contributed by atoms with Crippen molar-refractivity contribution in [3.05, 3.63) is 100.0 Å². The van der Waals surface area contributed by atoms with E-state index in [1.807, 2.05) is 42.6 Å². The van der Waals surface area contributed by atoms with Crippen LogP contribution in [0.5, 0.6) is 0 Å². The van der Waals surface area contributed by atoms with Gasteiger partial charge in [0.15, 0.2) is 0 Å². The molecule has 2 N–H and O–H groups in total. The lowest BCUT2D eigenvalue weighted by atomic mass is 9.92. The number of nitrogen functional groups attached to an aromatic ring is 1. The molecule has 0 saturated carbocycles. The third-order valence-corrected chi connectivity index (χ3v) is 5.03. The van der Waals surface area contributed by atoms with Crippen LogP contribution in [0.3, 0.4) is 0 Å². The lowest BCUT2D eigenvalue weighted by Crippen LogP contribution is -2.16. The molecule has 0 atom stereocenters. The fourth-order valence-electron chi connectivity index (χ4n) is 3.56. The van der Waals surface area contributed by atoms with Crippen LogP contribution in [0.25, 0.3) is 21.9 Å². The Balaban J connectivity index is 1.93. The zero-order valence-electron chi connectivity index (χ0n) is 15.6. The largest absolute Gasteiger partial charge is 0.399 e. The minimum absolute atomic E-state index is 0.0123. The van der Waals surface area contributed by atoms with E-state index in [-0.39, 0.29) is 5.56 Å². The van der Waals surface area contributed by atoms with E-state index in [0.717, 1.165) is 34.0 Å². The van der Waals surface area contributed by atoms with Crippen LogP contribution in [0.4, 0.5) is 5.69 Å². The van der Waals surface area contributed by atoms with Gasteiger partial charge < -0.3 is 10.3 Å². The van der Waals surface area contributed by atoms with E-state index in [1.54, 1.807) is 11.6 Å².